The average molecular weight is 278 g/mol. The molecular weight excluding hydrogens is 256 g/mol. The summed E-state index contributed by atoms with van der Waals surface area (Å²) in [6.07, 6.45) is 5.40. The van der Waals surface area contributed by atoms with Gasteiger partial charge in [-0.3, -0.25) is 4.79 Å². The normalized spacial score (nSPS) is 26.4. The number of piperidine rings is 1. The van der Waals surface area contributed by atoms with Crippen molar-refractivity contribution in [1.29, 1.82) is 0 Å². The van der Waals surface area contributed by atoms with Gasteiger partial charge in [0.25, 0.3) is 0 Å². The van der Waals surface area contributed by atoms with Crippen LogP contribution in [0.25, 0.3) is 0 Å². The van der Waals surface area contributed by atoms with Crippen LogP contribution in [0.4, 0.5) is 5.13 Å². The van der Waals surface area contributed by atoms with E-state index in [1.165, 1.54) is 19.3 Å². The number of hydrogen-bond donors (Lipinski definition) is 0. The van der Waals surface area contributed by atoms with Crippen LogP contribution in [0.15, 0.2) is 0 Å². The second kappa shape index (κ2) is 4.58. The molecule has 2 aliphatic rings. The molecule has 1 atom stereocenters. The monoisotopic (exact) mass is 278 g/mol. The molecule has 104 valence electrons. The van der Waals surface area contributed by atoms with E-state index in [2.05, 4.69) is 25.7 Å². The van der Waals surface area contributed by atoms with E-state index in [0.29, 0.717) is 18.2 Å². The molecule has 0 bridgehead atoms. The zero-order valence-electron chi connectivity index (χ0n) is 12.0. The number of Topliss-reactive ketones (excluding diaryl/α,β-unsaturated/α-hetero) is 1. The van der Waals surface area contributed by atoms with Crippen molar-refractivity contribution in [3.63, 3.8) is 0 Å². The molecule has 2 heterocycles. The molecule has 0 radical (unpaired) electrons. The second-order valence-electron chi connectivity index (χ2n) is 6.75. The van der Waals surface area contributed by atoms with Crippen LogP contribution in [-0.2, 0) is 6.42 Å². The number of fused-ring (bicyclic) bond motifs is 1. The van der Waals surface area contributed by atoms with Gasteiger partial charge in [-0.25, -0.2) is 4.98 Å². The number of ketones is 1. The summed E-state index contributed by atoms with van der Waals surface area (Å²) in [5, 5.41) is 1.07. The molecule has 4 heteroatoms. The van der Waals surface area contributed by atoms with Crippen molar-refractivity contribution in [2.75, 3.05) is 11.4 Å². The van der Waals surface area contributed by atoms with Crippen molar-refractivity contribution in [3.8, 4) is 0 Å². The van der Waals surface area contributed by atoms with Gasteiger partial charge in [-0.1, -0.05) is 25.2 Å². The quantitative estimate of drug-likeness (QED) is 0.785. The van der Waals surface area contributed by atoms with Crippen molar-refractivity contribution in [3.05, 3.63) is 10.6 Å². The molecule has 1 aromatic rings. The Balaban J connectivity index is 1.92. The fourth-order valence-corrected chi connectivity index (χ4v) is 4.36. The standard InChI is InChI=1S/C15H22N2OS/c1-10-6-4-5-7-17(10)14-16-11-8-15(2,3)9-12(18)13(11)19-14/h10H,4-9H2,1-3H3. The van der Waals surface area contributed by atoms with Gasteiger partial charge in [0, 0.05) is 19.0 Å². The Morgan fingerprint density at radius 3 is 2.84 bits per heavy atom. The third kappa shape index (κ3) is 2.42. The highest BCUT2D eigenvalue weighted by Gasteiger charge is 2.35. The molecule has 0 amide bonds. The molecule has 1 unspecified atom stereocenters. The van der Waals surface area contributed by atoms with E-state index in [0.717, 1.165) is 28.7 Å². The molecule has 0 aromatic carbocycles. The van der Waals surface area contributed by atoms with E-state index in [9.17, 15) is 4.79 Å². The SMILES string of the molecule is CC1CCCCN1c1nc2c(s1)C(=O)CC(C)(C)C2. The van der Waals surface area contributed by atoms with E-state index in [4.69, 9.17) is 4.98 Å². The Morgan fingerprint density at radius 2 is 2.11 bits per heavy atom. The molecular formula is C15H22N2OS. The molecule has 19 heavy (non-hydrogen) atoms. The van der Waals surface area contributed by atoms with Crippen LogP contribution < -0.4 is 4.90 Å². The lowest BCUT2D eigenvalue weighted by atomic mass is 9.78. The smallest absolute Gasteiger partial charge is 0.186 e. The van der Waals surface area contributed by atoms with E-state index < -0.39 is 0 Å². The van der Waals surface area contributed by atoms with E-state index in [1.54, 1.807) is 11.3 Å². The third-order valence-corrected chi connectivity index (χ3v) is 5.45. The Bertz CT molecular complexity index is 506. The zero-order chi connectivity index (χ0) is 13.6. The van der Waals surface area contributed by atoms with Gasteiger partial charge < -0.3 is 4.90 Å². The fraction of sp³-hybridized carbons (Fsp3) is 0.733. The maximum atomic E-state index is 12.2. The molecule has 0 saturated carbocycles. The van der Waals surface area contributed by atoms with E-state index >= 15 is 0 Å². The van der Waals surface area contributed by atoms with Gasteiger partial charge in [0.05, 0.1) is 10.6 Å². The van der Waals surface area contributed by atoms with Crippen LogP contribution in [-0.4, -0.2) is 23.4 Å². The topological polar surface area (TPSA) is 33.2 Å². The summed E-state index contributed by atoms with van der Waals surface area (Å²) < 4.78 is 0. The van der Waals surface area contributed by atoms with Crippen molar-refractivity contribution in [1.82, 2.24) is 4.98 Å². The summed E-state index contributed by atoms with van der Waals surface area (Å²) in [6.45, 7) is 7.68. The van der Waals surface area contributed by atoms with E-state index in [1.807, 2.05) is 0 Å². The molecule has 0 spiro atoms. The van der Waals surface area contributed by atoms with Gasteiger partial charge in [-0.2, -0.15) is 0 Å². The van der Waals surface area contributed by atoms with Gasteiger partial charge >= 0.3 is 0 Å². The first kappa shape index (κ1) is 13.1. The van der Waals surface area contributed by atoms with Crippen molar-refractivity contribution >= 4 is 22.3 Å². The Labute approximate surface area is 119 Å². The maximum Gasteiger partial charge on any atom is 0.186 e. The molecule has 1 aliphatic carbocycles. The minimum Gasteiger partial charge on any atom is -0.345 e. The lowest BCUT2D eigenvalue weighted by molar-refractivity contribution is 0.0916. The first-order chi connectivity index (χ1) is 8.96. The van der Waals surface area contributed by atoms with Crippen molar-refractivity contribution in [2.45, 2.75) is 58.9 Å². The van der Waals surface area contributed by atoms with Crippen LogP contribution in [0.1, 0.15) is 61.8 Å². The summed E-state index contributed by atoms with van der Waals surface area (Å²) in [5.74, 6) is 0.291. The van der Waals surface area contributed by atoms with Crippen LogP contribution in [0.2, 0.25) is 0 Å². The number of carbonyl (C=O) groups excluding carboxylic acids is 1. The minimum atomic E-state index is 0.0724. The molecule has 1 saturated heterocycles. The van der Waals surface area contributed by atoms with Gasteiger partial charge in [0.2, 0.25) is 0 Å². The van der Waals surface area contributed by atoms with Gasteiger partial charge in [-0.15, -0.1) is 0 Å². The summed E-state index contributed by atoms with van der Waals surface area (Å²) in [6, 6.07) is 0.560. The van der Waals surface area contributed by atoms with E-state index in [-0.39, 0.29) is 5.41 Å². The number of carbonyl (C=O) groups is 1. The van der Waals surface area contributed by atoms with Crippen LogP contribution in [0.3, 0.4) is 0 Å². The second-order valence-corrected chi connectivity index (χ2v) is 7.73. The van der Waals surface area contributed by atoms with Gasteiger partial charge in [0.15, 0.2) is 10.9 Å². The number of rotatable bonds is 1. The summed E-state index contributed by atoms with van der Waals surface area (Å²) >= 11 is 1.62. The first-order valence-electron chi connectivity index (χ1n) is 7.26. The zero-order valence-corrected chi connectivity index (χ0v) is 12.8. The number of hydrogen-bond acceptors (Lipinski definition) is 4. The summed E-state index contributed by atoms with van der Waals surface area (Å²) in [4.78, 5) is 20.3. The number of anilines is 1. The number of aromatic nitrogens is 1. The first-order valence-corrected chi connectivity index (χ1v) is 8.07. The molecule has 1 fully saturated rings. The van der Waals surface area contributed by atoms with Gasteiger partial charge in [0.1, 0.15) is 0 Å². The Kier molecular flexibility index (Phi) is 3.16. The lowest BCUT2D eigenvalue weighted by Crippen LogP contribution is -2.37. The molecule has 3 nitrogen and oxygen atoms in total. The van der Waals surface area contributed by atoms with Crippen LogP contribution in [0.5, 0.6) is 0 Å². The molecule has 1 aliphatic heterocycles. The maximum absolute atomic E-state index is 12.2. The number of nitrogens with zero attached hydrogens (tertiary/aromatic N) is 2. The number of thiazole rings is 1. The van der Waals surface area contributed by atoms with Crippen LogP contribution in [0, 0.1) is 5.41 Å². The highest BCUT2D eigenvalue weighted by atomic mass is 32.1. The third-order valence-electron chi connectivity index (χ3n) is 4.27. The van der Waals surface area contributed by atoms with Gasteiger partial charge in [-0.05, 0) is 38.0 Å². The van der Waals surface area contributed by atoms with Crippen LogP contribution >= 0.6 is 11.3 Å². The lowest BCUT2D eigenvalue weighted by Gasteiger charge is -2.33. The van der Waals surface area contributed by atoms with Crippen molar-refractivity contribution in [2.24, 2.45) is 5.41 Å². The molecule has 3 rings (SSSR count). The van der Waals surface area contributed by atoms with Crippen molar-refractivity contribution < 1.29 is 4.79 Å². The predicted octanol–water partition coefficient (Wildman–Crippen LogP) is 3.68. The summed E-state index contributed by atoms with van der Waals surface area (Å²) in [5.41, 5.74) is 1.11. The average Bonchev–Trinajstić information content (AvgIpc) is 2.71. The minimum absolute atomic E-state index is 0.0724. The molecule has 0 N–H and O–H groups in total. The molecule has 1 aromatic heterocycles. The Morgan fingerprint density at radius 1 is 1.32 bits per heavy atom. The Hall–Kier alpha value is -0.900. The highest BCUT2D eigenvalue weighted by Crippen LogP contribution is 2.40. The largest absolute Gasteiger partial charge is 0.345 e. The predicted molar refractivity (Wildman–Crippen MR) is 79.2 cm³/mol. The summed E-state index contributed by atoms with van der Waals surface area (Å²) in [7, 11) is 0. The highest BCUT2D eigenvalue weighted by molar-refractivity contribution is 7.17. The fourth-order valence-electron chi connectivity index (χ4n) is 3.21.